The second-order valence-corrected chi connectivity index (χ2v) is 4.20. The van der Waals surface area contributed by atoms with Crippen molar-refractivity contribution in [3.05, 3.63) is 73.2 Å². The Labute approximate surface area is 112 Å². The number of rotatable bonds is 4. The van der Waals surface area contributed by atoms with Crippen molar-refractivity contribution in [2.24, 2.45) is 0 Å². The normalized spacial score (nSPS) is 10.3. The molecule has 1 heterocycles. The van der Waals surface area contributed by atoms with Gasteiger partial charge in [0.1, 0.15) is 5.75 Å². The van der Waals surface area contributed by atoms with Gasteiger partial charge in [0.25, 0.3) is 0 Å². The minimum atomic E-state index is 0.453. The molecule has 0 aliphatic rings. The Morgan fingerprint density at radius 3 is 2.32 bits per heavy atom. The first kappa shape index (κ1) is 11.5. The Hall–Kier alpha value is -2.55. The van der Waals surface area contributed by atoms with E-state index in [-0.39, 0.29) is 0 Å². The molecule has 3 aromatic rings. The molecular weight excluding hydrogens is 236 g/mol. The fraction of sp³-hybridized carbons (Fsp3) is 0.0625. The van der Waals surface area contributed by atoms with E-state index in [1.165, 1.54) is 0 Å². The zero-order valence-electron chi connectivity index (χ0n) is 10.4. The van der Waals surface area contributed by atoms with Crippen molar-refractivity contribution in [3.8, 4) is 17.0 Å². The van der Waals surface area contributed by atoms with E-state index < -0.39 is 0 Å². The van der Waals surface area contributed by atoms with Crippen LogP contribution in [0.25, 0.3) is 11.3 Å². The third kappa shape index (κ3) is 2.65. The lowest BCUT2D eigenvalue weighted by Crippen LogP contribution is -2.05. The van der Waals surface area contributed by atoms with Crippen molar-refractivity contribution in [1.82, 2.24) is 9.55 Å². The van der Waals surface area contributed by atoms with E-state index in [9.17, 15) is 0 Å². The van der Waals surface area contributed by atoms with Crippen molar-refractivity contribution in [3.63, 3.8) is 0 Å². The molecule has 19 heavy (non-hydrogen) atoms. The number of nitrogens with zero attached hydrogens (tertiary/aromatic N) is 2. The monoisotopic (exact) mass is 250 g/mol. The molecule has 0 aliphatic carbocycles. The Kier molecular flexibility index (Phi) is 3.28. The number of para-hydroxylation sites is 1. The molecule has 3 heteroatoms. The minimum Gasteiger partial charge on any atom is -0.473 e. The molecule has 0 saturated heterocycles. The summed E-state index contributed by atoms with van der Waals surface area (Å²) < 4.78 is 7.72. The molecule has 3 nitrogen and oxygen atoms in total. The van der Waals surface area contributed by atoms with Crippen LogP contribution >= 0.6 is 0 Å². The molecule has 0 saturated carbocycles. The Morgan fingerprint density at radius 2 is 1.58 bits per heavy atom. The lowest BCUT2D eigenvalue weighted by molar-refractivity contribution is 0.238. The van der Waals surface area contributed by atoms with E-state index in [2.05, 4.69) is 17.1 Å². The molecule has 0 unspecified atom stereocenters. The largest absolute Gasteiger partial charge is 0.473 e. The Balaban J connectivity index is 1.78. The molecule has 0 radical (unpaired) electrons. The van der Waals surface area contributed by atoms with Gasteiger partial charge < -0.3 is 4.74 Å². The van der Waals surface area contributed by atoms with E-state index in [0.29, 0.717) is 6.73 Å². The summed E-state index contributed by atoms with van der Waals surface area (Å²) in [6.07, 6.45) is 3.63. The maximum atomic E-state index is 5.74. The minimum absolute atomic E-state index is 0.453. The Bertz CT molecular complexity index is 632. The van der Waals surface area contributed by atoms with Crippen LogP contribution in [0, 0.1) is 0 Å². The molecule has 0 bridgehead atoms. The van der Waals surface area contributed by atoms with Gasteiger partial charge in [-0.05, 0) is 17.7 Å². The third-order valence-electron chi connectivity index (χ3n) is 2.90. The highest BCUT2D eigenvalue weighted by molar-refractivity contribution is 5.58. The third-order valence-corrected chi connectivity index (χ3v) is 2.90. The summed E-state index contributed by atoms with van der Waals surface area (Å²) in [5.41, 5.74) is 2.19. The SMILES string of the molecule is c1ccc(OCn2cncc2-c2ccccc2)cc1. The lowest BCUT2D eigenvalue weighted by Gasteiger charge is -2.10. The van der Waals surface area contributed by atoms with Crippen LogP contribution in [-0.2, 0) is 6.73 Å². The molecule has 2 aromatic carbocycles. The molecule has 0 aliphatic heterocycles. The van der Waals surface area contributed by atoms with Gasteiger partial charge in [0.2, 0.25) is 0 Å². The second-order valence-electron chi connectivity index (χ2n) is 4.20. The van der Waals surface area contributed by atoms with Crippen molar-refractivity contribution < 1.29 is 4.74 Å². The molecule has 1 aromatic heterocycles. The standard InChI is InChI=1S/C16H14N2O/c1-3-7-14(8-4-1)16-11-17-12-18(16)13-19-15-9-5-2-6-10-15/h1-12H,13H2. The van der Waals surface area contributed by atoms with Crippen LogP contribution in [0.4, 0.5) is 0 Å². The van der Waals surface area contributed by atoms with Crippen LogP contribution in [0.2, 0.25) is 0 Å². The van der Waals surface area contributed by atoms with Crippen LogP contribution < -0.4 is 4.74 Å². The van der Waals surface area contributed by atoms with Crippen molar-refractivity contribution in [2.45, 2.75) is 6.73 Å². The Morgan fingerprint density at radius 1 is 0.895 bits per heavy atom. The van der Waals surface area contributed by atoms with E-state index in [1.54, 1.807) is 6.33 Å². The average molecular weight is 250 g/mol. The molecule has 0 amide bonds. The van der Waals surface area contributed by atoms with E-state index in [4.69, 9.17) is 4.74 Å². The van der Waals surface area contributed by atoms with Crippen LogP contribution in [0.5, 0.6) is 5.75 Å². The summed E-state index contributed by atoms with van der Waals surface area (Å²) in [5, 5.41) is 0. The molecule has 94 valence electrons. The molecule has 0 fully saturated rings. The quantitative estimate of drug-likeness (QED) is 0.707. The molecule has 0 atom stereocenters. The highest BCUT2D eigenvalue weighted by Crippen LogP contribution is 2.19. The molecular formula is C16H14N2O. The summed E-state index contributed by atoms with van der Waals surface area (Å²) in [4.78, 5) is 4.19. The lowest BCUT2D eigenvalue weighted by atomic mass is 10.2. The van der Waals surface area contributed by atoms with Crippen molar-refractivity contribution >= 4 is 0 Å². The number of hydrogen-bond acceptors (Lipinski definition) is 2. The van der Waals surface area contributed by atoms with E-state index in [0.717, 1.165) is 17.0 Å². The van der Waals surface area contributed by atoms with Gasteiger partial charge in [-0.2, -0.15) is 0 Å². The van der Waals surface area contributed by atoms with Gasteiger partial charge in [0.15, 0.2) is 6.73 Å². The predicted octanol–water partition coefficient (Wildman–Crippen LogP) is 3.59. The smallest absolute Gasteiger partial charge is 0.166 e. The van der Waals surface area contributed by atoms with Gasteiger partial charge >= 0.3 is 0 Å². The van der Waals surface area contributed by atoms with Crippen LogP contribution in [0.15, 0.2) is 73.2 Å². The summed E-state index contributed by atoms with van der Waals surface area (Å²) in [6.45, 7) is 0.453. The van der Waals surface area contributed by atoms with Gasteiger partial charge in [0, 0.05) is 0 Å². The van der Waals surface area contributed by atoms with Gasteiger partial charge in [-0.15, -0.1) is 0 Å². The number of aromatic nitrogens is 2. The first-order chi connectivity index (χ1) is 9.43. The topological polar surface area (TPSA) is 27.1 Å². The first-order valence-corrected chi connectivity index (χ1v) is 6.17. The van der Waals surface area contributed by atoms with Gasteiger partial charge in [0.05, 0.1) is 18.2 Å². The first-order valence-electron chi connectivity index (χ1n) is 6.17. The zero-order valence-corrected chi connectivity index (χ0v) is 10.4. The maximum absolute atomic E-state index is 5.74. The number of hydrogen-bond donors (Lipinski definition) is 0. The van der Waals surface area contributed by atoms with Gasteiger partial charge in [-0.3, -0.25) is 4.57 Å². The summed E-state index contributed by atoms with van der Waals surface area (Å²) in [7, 11) is 0. The van der Waals surface area contributed by atoms with Crippen LogP contribution in [0.1, 0.15) is 0 Å². The van der Waals surface area contributed by atoms with E-state index in [1.807, 2.05) is 59.3 Å². The van der Waals surface area contributed by atoms with Gasteiger partial charge in [-0.1, -0.05) is 48.5 Å². The number of imidazole rings is 1. The second kappa shape index (κ2) is 5.40. The van der Waals surface area contributed by atoms with Crippen LogP contribution in [-0.4, -0.2) is 9.55 Å². The summed E-state index contributed by atoms with van der Waals surface area (Å²) >= 11 is 0. The highest BCUT2D eigenvalue weighted by Gasteiger charge is 2.04. The number of benzene rings is 2. The summed E-state index contributed by atoms with van der Waals surface area (Å²) in [5.74, 6) is 0.857. The van der Waals surface area contributed by atoms with E-state index >= 15 is 0 Å². The predicted molar refractivity (Wildman–Crippen MR) is 74.7 cm³/mol. The van der Waals surface area contributed by atoms with Crippen molar-refractivity contribution in [1.29, 1.82) is 0 Å². The van der Waals surface area contributed by atoms with Crippen LogP contribution in [0.3, 0.4) is 0 Å². The summed E-state index contributed by atoms with van der Waals surface area (Å²) in [6, 6.07) is 20.0. The fourth-order valence-electron chi connectivity index (χ4n) is 1.93. The van der Waals surface area contributed by atoms with Gasteiger partial charge in [-0.25, -0.2) is 4.98 Å². The molecule has 0 N–H and O–H groups in total. The zero-order chi connectivity index (χ0) is 12.9. The number of ether oxygens (including phenoxy) is 1. The maximum Gasteiger partial charge on any atom is 0.166 e. The average Bonchev–Trinajstić information content (AvgIpc) is 2.95. The highest BCUT2D eigenvalue weighted by atomic mass is 16.5. The molecule has 3 rings (SSSR count). The van der Waals surface area contributed by atoms with Crippen molar-refractivity contribution in [2.75, 3.05) is 0 Å². The fourth-order valence-corrected chi connectivity index (χ4v) is 1.93. The molecule has 0 spiro atoms.